The van der Waals surface area contributed by atoms with Crippen molar-refractivity contribution in [1.29, 1.82) is 5.26 Å². The maximum Gasteiger partial charge on any atom is 0.203 e. The molecule has 2 aromatic heterocycles. The fraction of sp³-hybridized carbons (Fsp3) is 0.125. The van der Waals surface area contributed by atoms with Gasteiger partial charge in [0.1, 0.15) is 0 Å². The third-order valence-electron chi connectivity index (χ3n) is 3.21. The highest BCUT2D eigenvalue weighted by atomic mass is 32.1. The second kappa shape index (κ2) is 5.20. The molecule has 0 N–H and O–H groups in total. The van der Waals surface area contributed by atoms with Gasteiger partial charge in [0.25, 0.3) is 0 Å². The van der Waals surface area contributed by atoms with Crippen molar-refractivity contribution in [1.82, 2.24) is 0 Å². The molecule has 0 radical (unpaired) electrons. The zero-order chi connectivity index (χ0) is 14.1. The SMILES string of the molecule is CC(C#N)c1cccc(C(=O)c2cc3sccc3s2)c1. The summed E-state index contributed by atoms with van der Waals surface area (Å²) < 4.78 is 2.31. The van der Waals surface area contributed by atoms with Crippen LogP contribution in [0.4, 0.5) is 0 Å². The van der Waals surface area contributed by atoms with Crippen LogP contribution in [0.1, 0.15) is 33.6 Å². The lowest BCUT2D eigenvalue weighted by Gasteiger charge is -2.05. The number of nitriles is 1. The molecule has 0 saturated carbocycles. The number of ketones is 1. The van der Waals surface area contributed by atoms with Crippen molar-refractivity contribution >= 4 is 37.9 Å². The first-order valence-electron chi connectivity index (χ1n) is 6.20. The molecule has 1 aromatic carbocycles. The topological polar surface area (TPSA) is 40.9 Å². The number of benzene rings is 1. The van der Waals surface area contributed by atoms with Crippen LogP contribution in [0, 0.1) is 11.3 Å². The minimum Gasteiger partial charge on any atom is -0.288 e. The summed E-state index contributed by atoms with van der Waals surface area (Å²) in [5, 5.41) is 11.0. The molecule has 0 amide bonds. The normalized spacial score (nSPS) is 12.2. The standard InChI is InChI=1S/C16H11NOS2/c1-10(9-17)11-3-2-4-12(7-11)16(18)15-8-14-13(20-15)5-6-19-14/h2-8,10H,1H3. The second-order valence-corrected chi connectivity index (χ2v) is 6.60. The summed E-state index contributed by atoms with van der Waals surface area (Å²) in [5.41, 5.74) is 1.54. The van der Waals surface area contributed by atoms with Gasteiger partial charge in [0.15, 0.2) is 0 Å². The van der Waals surface area contributed by atoms with Gasteiger partial charge in [-0.15, -0.1) is 22.7 Å². The summed E-state index contributed by atoms with van der Waals surface area (Å²) in [6.07, 6.45) is 0. The number of fused-ring (bicyclic) bond motifs is 1. The molecule has 0 aliphatic heterocycles. The van der Waals surface area contributed by atoms with E-state index in [0.29, 0.717) is 5.56 Å². The summed E-state index contributed by atoms with van der Waals surface area (Å²) in [6.45, 7) is 1.84. The van der Waals surface area contributed by atoms with Crippen LogP contribution in [0.25, 0.3) is 9.40 Å². The van der Waals surface area contributed by atoms with Crippen LogP contribution in [0.3, 0.4) is 0 Å². The molecule has 0 aliphatic rings. The zero-order valence-corrected chi connectivity index (χ0v) is 12.4. The lowest BCUT2D eigenvalue weighted by atomic mass is 9.98. The molecule has 1 unspecified atom stereocenters. The molecule has 0 bridgehead atoms. The molecule has 2 heterocycles. The van der Waals surface area contributed by atoms with E-state index in [1.165, 1.54) is 11.3 Å². The maximum absolute atomic E-state index is 12.5. The maximum atomic E-state index is 12.5. The molecule has 2 nitrogen and oxygen atoms in total. The van der Waals surface area contributed by atoms with E-state index in [1.807, 2.05) is 48.7 Å². The lowest BCUT2D eigenvalue weighted by molar-refractivity contribution is 0.104. The van der Waals surface area contributed by atoms with Gasteiger partial charge >= 0.3 is 0 Å². The average Bonchev–Trinajstić information content (AvgIpc) is 3.07. The van der Waals surface area contributed by atoms with Crippen molar-refractivity contribution in [3.8, 4) is 6.07 Å². The first-order chi connectivity index (χ1) is 9.69. The van der Waals surface area contributed by atoms with Gasteiger partial charge in [-0.2, -0.15) is 5.26 Å². The van der Waals surface area contributed by atoms with Gasteiger partial charge in [0, 0.05) is 15.0 Å². The molecule has 4 heteroatoms. The van der Waals surface area contributed by atoms with Crippen molar-refractivity contribution in [2.75, 3.05) is 0 Å². The van der Waals surface area contributed by atoms with E-state index in [9.17, 15) is 4.79 Å². The van der Waals surface area contributed by atoms with Crippen molar-refractivity contribution < 1.29 is 4.79 Å². The average molecular weight is 297 g/mol. The fourth-order valence-corrected chi connectivity index (χ4v) is 4.11. The Kier molecular flexibility index (Phi) is 3.39. The number of carbonyl (C=O) groups excluding carboxylic acids is 1. The van der Waals surface area contributed by atoms with E-state index in [1.54, 1.807) is 11.3 Å². The van der Waals surface area contributed by atoms with Gasteiger partial charge in [-0.3, -0.25) is 4.79 Å². The van der Waals surface area contributed by atoms with Crippen LogP contribution in [0.5, 0.6) is 0 Å². The molecule has 3 aromatic rings. The third kappa shape index (κ3) is 2.26. The third-order valence-corrected chi connectivity index (χ3v) is 5.30. The van der Waals surface area contributed by atoms with E-state index < -0.39 is 0 Å². The van der Waals surface area contributed by atoms with Gasteiger partial charge in [-0.25, -0.2) is 0 Å². The van der Waals surface area contributed by atoms with E-state index in [-0.39, 0.29) is 11.7 Å². The van der Waals surface area contributed by atoms with Crippen LogP contribution in [0.2, 0.25) is 0 Å². The summed E-state index contributed by atoms with van der Waals surface area (Å²) >= 11 is 3.17. The van der Waals surface area contributed by atoms with Crippen molar-refractivity contribution in [3.05, 3.63) is 57.8 Å². The van der Waals surface area contributed by atoms with E-state index in [2.05, 4.69) is 6.07 Å². The van der Waals surface area contributed by atoms with Crippen LogP contribution >= 0.6 is 22.7 Å². The van der Waals surface area contributed by atoms with Crippen molar-refractivity contribution in [2.45, 2.75) is 12.8 Å². The molecule has 20 heavy (non-hydrogen) atoms. The van der Waals surface area contributed by atoms with E-state index in [4.69, 9.17) is 5.26 Å². The van der Waals surface area contributed by atoms with Crippen molar-refractivity contribution in [3.63, 3.8) is 0 Å². The summed E-state index contributed by atoms with van der Waals surface area (Å²) in [6, 6.07) is 13.5. The fourth-order valence-electron chi connectivity index (χ4n) is 2.04. The first-order valence-corrected chi connectivity index (χ1v) is 7.90. The Balaban J connectivity index is 1.98. The molecule has 0 fully saturated rings. The van der Waals surface area contributed by atoms with Crippen molar-refractivity contribution in [2.24, 2.45) is 0 Å². The number of carbonyl (C=O) groups is 1. The Labute approximate surface area is 124 Å². The van der Waals surface area contributed by atoms with Gasteiger partial charge < -0.3 is 0 Å². The zero-order valence-electron chi connectivity index (χ0n) is 10.8. The highest BCUT2D eigenvalue weighted by Crippen LogP contribution is 2.31. The van der Waals surface area contributed by atoms with Crippen LogP contribution in [-0.2, 0) is 0 Å². The molecule has 98 valence electrons. The molecule has 0 spiro atoms. The van der Waals surface area contributed by atoms with Gasteiger partial charge in [-0.1, -0.05) is 18.2 Å². The highest BCUT2D eigenvalue weighted by Gasteiger charge is 2.14. The van der Waals surface area contributed by atoms with Crippen LogP contribution in [0.15, 0.2) is 41.8 Å². The van der Waals surface area contributed by atoms with E-state index in [0.717, 1.165) is 19.8 Å². The van der Waals surface area contributed by atoms with Gasteiger partial charge in [0.2, 0.25) is 5.78 Å². The number of thiophene rings is 2. The summed E-state index contributed by atoms with van der Waals surface area (Å²) in [7, 11) is 0. The molecule has 0 saturated heterocycles. The highest BCUT2D eigenvalue weighted by molar-refractivity contribution is 7.28. The predicted molar refractivity (Wildman–Crippen MR) is 83.6 cm³/mol. The second-order valence-electron chi connectivity index (χ2n) is 4.57. The Morgan fingerprint density at radius 3 is 2.85 bits per heavy atom. The molecule has 1 atom stereocenters. The van der Waals surface area contributed by atoms with Gasteiger partial charge in [-0.05, 0) is 36.1 Å². The molecule has 3 rings (SSSR count). The Hall–Kier alpha value is -1.96. The lowest BCUT2D eigenvalue weighted by Crippen LogP contribution is -2.00. The quantitative estimate of drug-likeness (QED) is 0.650. The minimum absolute atomic E-state index is 0.0328. The van der Waals surface area contributed by atoms with Crippen LogP contribution in [-0.4, -0.2) is 5.78 Å². The molecular weight excluding hydrogens is 286 g/mol. The van der Waals surface area contributed by atoms with E-state index >= 15 is 0 Å². The molecular formula is C16H11NOS2. The Morgan fingerprint density at radius 1 is 1.25 bits per heavy atom. The number of hydrogen-bond donors (Lipinski definition) is 0. The Morgan fingerprint density at radius 2 is 2.10 bits per heavy atom. The number of nitrogens with zero attached hydrogens (tertiary/aromatic N) is 1. The monoisotopic (exact) mass is 297 g/mol. The minimum atomic E-state index is -0.199. The Bertz CT molecular complexity index is 794. The van der Waals surface area contributed by atoms with Gasteiger partial charge in [0.05, 0.1) is 16.9 Å². The largest absolute Gasteiger partial charge is 0.288 e. The molecule has 0 aliphatic carbocycles. The van der Waals surface area contributed by atoms with Crippen LogP contribution < -0.4 is 0 Å². The first kappa shape index (κ1) is 13.0. The summed E-state index contributed by atoms with van der Waals surface area (Å²) in [5.74, 6) is -0.167. The number of rotatable bonds is 3. The smallest absolute Gasteiger partial charge is 0.203 e. The summed E-state index contributed by atoms with van der Waals surface area (Å²) in [4.78, 5) is 13.3. The predicted octanol–water partition coefficient (Wildman–Crippen LogP) is 4.82. The number of hydrogen-bond acceptors (Lipinski definition) is 4.